The topological polar surface area (TPSA) is 59.5 Å². The lowest BCUT2D eigenvalue weighted by Crippen LogP contribution is -2.37. The maximum Gasteiger partial charge on any atom is 0.223 e. The number of Topliss-reactive ketones (excluding diaryl/α,β-unsaturated/α-hetero) is 1. The van der Waals surface area contributed by atoms with Crippen molar-refractivity contribution in [3.63, 3.8) is 0 Å². The molecule has 2 aromatic rings. The molecule has 0 N–H and O–H groups in total. The van der Waals surface area contributed by atoms with E-state index in [2.05, 4.69) is 4.98 Å². The van der Waals surface area contributed by atoms with Crippen molar-refractivity contribution in [3.05, 3.63) is 66.0 Å². The molecule has 2 heterocycles. The van der Waals surface area contributed by atoms with Crippen LogP contribution in [-0.2, 0) is 16.1 Å². The molecule has 3 rings (SSSR count). The molecular formula is C21H24N2O3. The summed E-state index contributed by atoms with van der Waals surface area (Å²) in [6, 6.07) is 14.8. The molecule has 1 aromatic carbocycles. The highest BCUT2D eigenvalue weighted by Crippen LogP contribution is 2.16. The third-order valence-corrected chi connectivity index (χ3v) is 4.54. The molecule has 0 bridgehead atoms. The fourth-order valence-corrected chi connectivity index (χ4v) is 3.12. The molecule has 136 valence electrons. The van der Waals surface area contributed by atoms with E-state index in [4.69, 9.17) is 4.74 Å². The van der Waals surface area contributed by atoms with E-state index < -0.39 is 0 Å². The Morgan fingerprint density at radius 1 is 1.08 bits per heavy atom. The monoisotopic (exact) mass is 352 g/mol. The van der Waals surface area contributed by atoms with Gasteiger partial charge in [-0.1, -0.05) is 36.4 Å². The van der Waals surface area contributed by atoms with Crippen molar-refractivity contribution in [2.75, 3.05) is 13.2 Å². The van der Waals surface area contributed by atoms with Crippen molar-refractivity contribution >= 4 is 11.7 Å². The number of hydrogen-bond acceptors (Lipinski definition) is 4. The lowest BCUT2D eigenvalue weighted by molar-refractivity contribution is -0.133. The predicted molar refractivity (Wildman–Crippen MR) is 98.6 cm³/mol. The lowest BCUT2D eigenvalue weighted by atomic mass is 10.1. The first-order valence-electron chi connectivity index (χ1n) is 9.10. The van der Waals surface area contributed by atoms with E-state index in [1.165, 1.54) is 0 Å². The zero-order chi connectivity index (χ0) is 18.2. The van der Waals surface area contributed by atoms with Crippen molar-refractivity contribution in [3.8, 4) is 0 Å². The normalized spacial score (nSPS) is 16.4. The highest BCUT2D eigenvalue weighted by Gasteiger charge is 2.23. The summed E-state index contributed by atoms with van der Waals surface area (Å²) in [7, 11) is 0. The second-order valence-electron chi connectivity index (χ2n) is 6.52. The number of nitrogens with zero attached hydrogens (tertiary/aromatic N) is 2. The molecule has 1 aliphatic heterocycles. The molecule has 0 saturated carbocycles. The number of amides is 1. The van der Waals surface area contributed by atoms with Crippen LogP contribution in [0.25, 0.3) is 0 Å². The van der Waals surface area contributed by atoms with Crippen LogP contribution in [0.5, 0.6) is 0 Å². The van der Waals surface area contributed by atoms with Gasteiger partial charge in [0.1, 0.15) is 0 Å². The fourth-order valence-electron chi connectivity index (χ4n) is 3.12. The molecule has 1 saturated heterocycles. The molecule has 1 aliphatic rings. The van der Waals surface area contributed by atoms with Crippen LogP contribution in [0, 0.1) is 0 Å². The van der Waals surface area contributed by atoms with Crippen molar-refractivity contribution in [2.24, 2.45) is 0 Å². The quantitative estimate of drug-likeness (QED) is 0.684. The minimum Gasteiger partial charge on any atom is -0.376 e. The number of hydrogen-bond donors (Lipinski definition) is 0. The Balaban J connectivity index is 1.60. The minimum absolute atomic E-state index is 0.00569. The van der Waals surface area contributed by atoms with Gasteiger partial charge in [-0.15, -0.1) is 0 Å². The van der Waals surface area contributed by atoms with Gasteiger partial charge in [0.05, 0.1) is 18.3 Å². The summed E-state index contributed by atoms with van der Waals surface area (Å²) in [5.41, 5.74) is 1.49. The SMILES string of the molecule is O=C(CCC(=O)N(Cc1ccccn1)C[C@@H]1CCCO1)c1ccccc1. The molecule has 5 nitrogen and oxygen atoms in total. The van der Waals surface area contributed by atoms with Crippen molar-refractivity contribution < 1.29 is 14.3 Å². The second kappa shape index (κ2) is 9.25. The van der Waals surface area contributed by atoms with Crippen LogP contribution in [0.2, 0.25) is 0 Å². The Hall–Kier alpha value is -2.53. The van der Waals surface area contributed by atoms with E-state index in [1.54, 1.807) is 23.2 Å². The summed E-state index contributed by atoms with van der Waals surface area (Å²) in [5, 5.41) is 0. The van der Waals surface area contributed by atoms with Crippen LogP contribution < -0.4 is 0 Å². The third-order valence-electron chi connectivity index (χ3n) is 4.54. The molecule has 1 atom stereocenters. The van der Waals surface area contributed by atoms with Gasteiger partial charge in [-0.2, -0.15) is 0 Å². The van der Waals surface area contributed by atoms with E-state index in [0.717, 1.165) is 25.1 Å². The second-order valence-corrected chi connectivity index (χ2v) is 6.52. The van der Waals surface area contributed by atoms with E-state index in [1.807, 2.05) is 36.4 Å². The van der Waals surface area contributed by atoms with Gasteiger partial charge >= 0.3 is 0 Å². The van der Waals surface area contributed by atoms with Gasteiger partial charge in [-0.3, -0.25) is 14.6 Å². The van der Waals surface area contributed by atoms with Crippen molar-refractivity contribution in [2.45, 2.75) is 38.3 Å². The van der Waals surface area contributed by atoms with Crippen molar-refractivity contribution in [1.82, 2.24) is 9.88 Å². The molecule has 0 radical (unpaired) electrons. The number of carbonyl (C=O) groups is 2. The van der Waals surface area contributed by atoms with Crippen LogP contribution in [0.15, 0.2) is 54.7 Å². The average Bonchev–Trinajstić information content (AvgIpc) is 3.20. The van der Waals surface area contributed by atoms with E-state index in [0.29, 0.717) is 18.7 Å². The highest BCUT2D eigenvalue weighted by molar-refractivity contribution is 5.97. The van der Waals surface area contributed by atoms with Gasteiger partial charge in [0.25, 0.3) is 0 Å². The smallest absolute Gasteiger partial charge is 0.223 e. The van der Waals surface area contributed by atoms with E-state index in [9.17, 15) is 9.59 Å². The standard InChI is InChI=1S/C21H24N2O3/c24-20(17-7-2-1-3-8-17)11-12-21(25)23(16-19-10-6-14-26-19)15-18-9-4-5-13-22-18/h1-5,7-9,13,19H,6,10-12,14-16H2/t19-/m0/s1. The van der Waals surface area contributed by atoms with Gasteiger partial charge in [0.2, 0.25) is 5.91 Å². The summed E-state index contributed by atoms with van der Waals surface area (Å²) >= 11 is 0. The zero-order valence-electron chi connectivity index (χ0n) is 14.8. The Labute approximate surface area is 154 Å². The first-order valence-corrected chi connectivity index (χ1v) is 9.10. The average molecular weight is 352 g/mol. The number of pyridine rings is 1. The maximum atomic E-state index is 12.8. The van der Waals surface area contributed by atoms with Gasteiger partial charge in [-0.05, 0) is 25.0 Å². The molecule has 1 aromatic heterocycles. The van der Waals surface area contributed by atoms with Crippen molar-refractivity contribution in [1.29, 1.82) is 0 Å². The van der Waals surface area contributed by atoms with Gasteiger partial charge in [0.15, 0.2) is 5.78 Å². The largest absolute Gasteiger partial charge is 0.376 e. The molecule has 26 heavy (non-hydrogen) atoms. The minimum atomic E-state index is -0.0320. The number of benzene rings is 1. The fraction of sp³-hybridized carbons (Fsp3) is 0.381. The summed E-state index contributed by atoms with van der Waals surface area (Å²) in [6.45, 7) is 1.75. The van der Waals surface area contributed by atoms with Crippen LogP contribution in [-0.4, -0.2) is 40.8 Å². The molecular weight excluding hydrogens is 328 g/mol. The maximum absolute atomic E-state index is 12.8. The first-order chi connectivity index (χ1) is 12.7. The molecule has 1 amide bonds. The number of aromatic nitrogens is 1. The van der Waals surface area contributed by atoms with Gasteiger partial charge < -0.3 is 9.64 Å². The van der Waals surface area contributed by atoms with Crippen LogP contribution in [0.3, 0.4) is 0 Å². The summed E-state index contributed by atoms with van der Waals surface area (Å²) in [6.07, 6.45) is 4.22. The Kier molecular flexibility index (Phi) is 6.50. The number of rotatable bonds is 8. The Morgan fingerprint density at radius 3 is 2.58 bits per heavy atom. The summed E-state index contributed by atoms with van der Waals surface area (Å²) < 4.78 is 5.68. The Morgan fingerprint density at radius 2 is 1.88 bits per heavy atom. The van der Waals surface area contributed by atoms with E-state index >= 15 is 0 Å². The van der Waals surface area contributed by atoms with E-state index in [-0.39, 0.29) is 30.6 Å². The van der Waals surface area contributed by atoms with Crippen LogP contribution in [0.4, 0.5) is 0 Å². The van der Waals surface area contributed by atoms with Gasteiger partial charge in [0, 0.05) is 37.8 Å². The third kappa shape index (κ3) is 5.23. The molecule has 1 fully saturated rings. The molecule has 0 unspecified atom stereocenters. The summed E-state index contributed by atoms with van der Waals surface area (Å²) in [4.78, 5) is 31.1. The summed E-state index contributed by atoms with van der Waals surface area (Å²) in [5.74, 6) is -0.0377. The van der Waals surface area contributed by atoms with Crippen LogP contribution in [0.1, 0.15) is 41.7 Å². The Bertz CT molecular complexity index is 713. The lowest BCUT2D eigenvalue weighted by Gasteiger charge is -2.25. The number of ketones is 1. The highest BCUT2D eigenvalue weighted by atomic mass is 16.5. The first kappa shape index (κ1) is 18.3. The van der Waals surface area contributed by atoms with Gasteiger partial charge in [-0.25, -0.2) is 0 Å². The number of ether oxygens (including phenoxy) is 1. The molecule has 5 heteroatoms. The predicted octanol–water partition coefficient (Wildman–Crippen LogP) is 3.25. The molecule has 0 aliphatic carbocycles. The zero-order valence-corrected chi connectivity index (χ0v) is 14.8. The van der Waals surface area contributed by atoms with Crippen LogP contribution >= 0.6 is 0 Å². The molecule has 0 spiro atoms. The number of carbonyl (C=O) groups excluding carboxylic acids is 2.